The van der Waals surface area contributed by atoms with Crippen molar-refractivity contribution >= 4 is 5.91 Å². The lowest BCUT2D eigenvalue weighted by atomic mass is 9.81. The highest BCUT2D eigenvalue weighted by molar-refractivity contribution is 5.96. The van der Waals surface area contributed by atoms with Gasteiger partial charge in [-0.25, -0.2) is 0 Å². The summed E-state index contributed by atoms with van der Waals surface area (Å²) >= 11 is 0. The molecule has 0 unspecified atom stereocenters. The number of nitrogens with zero attached hydrogens (tertiary/aromatic N) is 1. The van der Waals surface area contributed by atoms with Gasteiger partial charge in [-0.3, -0.25) is 4.79 Å². The third-order valence-corrected chi connectivity index (χ3v) is 8.13. The summed E-state index contributed by atoms with van der Waals surface area (Å²) < 4.78 is 0. The Balaban J connectivity index is 1.59. The monoisotopic (exact) mass is 483 g/mol. The summed E-state index contributed by atoms with van der Waals surface area (Å²) in [5, 5.41) is 19.9. The third kappa shape index (κ3) is 5.28. The fraction of sp³-hybridized carbons (Fsp3) is 0.406. The molecule has 0 heterocycles. The topological polar surface area (TPSA) is 60.8 Å². The molecular weight excluding hydrogens is 446 g/mol. The quantitative estimate of drug-likeness (QED) is 0.359. The highest BCUT2D eigenvalue weighted by Gasteiger charge is 2.35. The summed E-state index contributed by atoms with van der Waals surface area (Å²) in [4.78, 5) is 16.8. The number of rotatable bonds is 6. The maximum Gasteiger partial charge on any atom is 0.254 e. The second-order valence-corrected chi connectivity index (χ2v) is 10.5. The molecule has 0 radical (unpaired) electrons. The molecule has 2 aliphatic carbocycles. The van der Waals surface area contributed by atoms with Crippen LogP contribution in [-0.4, -0.2) is 33.1 Å². The molecule has 4 heteroatoms. The van der Waals surface area contributed by atoms with Crippen molar-refractivity contribution in [2.24, 2.45) is 0 Å². The van der Waals surface area contributed by atoms with Crippen LogP contribution in [0.1, 0.15) is 97.2 Å². The zero-order valence-electron chi connectivity index (χ0n) is 21.0. The molecule has 4 nitrogen and oxygen atoms in total. The van der Waals surface area contributed by atoms with Gasteiger partial charge < -0.3 is 15.1 Å². The number of phenolic OH excluding ortho intramolecular Hbond substituents is 2. The molecule has 0 aliphatic heterocycles. The predicted octanol–water partition coefficient (Wildman–Crippen LogP) is 7.39. The Labute approximate surface area is 214 Å². The van der Waals surface area contributed by atoms with Crippen LogP contribution in [0.15, 0.2) is 72.8 Å². The average molecular weight is 484 g/mol. The number of benzene rings is 3. The minimum absolute atomic E-state index is 0.159. The fourth-order valence-electron chi connectivity index (χ4n) is 6.32. The van der Waals surface area contributed by atoms with Gasteiger partial charge in [-0.15, -0.1) is 0 Å². The number of hydrogen-bond acceptors (Lipinski definition) is 3. The maximum atomic E-state index is 14.5. The SMILES string of the molecule is O=C(c1ccccc1C(c1ccc(O)cc1)c1ccc(O)cc1)N(C1CCCCC1)C1CCCCC1. The van der Waals surface area contributed by atoms with E-state index in [1.54, 1.807) is 24.3 Å². The van der Waals surface area contributed by atoms with E-state index in [1.165, 1.54) is 38.5 Å². The van der Waals surface area contributed by atoms with Crippen molar-refractivity contribution in [2.45, 2.75) is 82.2 Å². The largest absolute Gasteiger partial charge is 0.508 e. The van der Waals surface area contributed by atoms with Crippen molar-refractivity contribution in [2.75, 3.05) is 0 Å². The first kappa shape index (κ1) is 24.4. The van der Waals surface area contributed by atoms with Gasteiger partial charge in [0.2, 0.25) is 0 Å². The molecule has 0 atom stereocenters. The molecule has 2 saturated carbocycles. The molecule has 0 aromatic heterocycles. The van der Waals surface area contributed by atoms with Gasteiger partial charge in [0.05, 0.1) is 0 Å². The molecule has 36 heavy (non-hydrogen) atoms. The summed E-state index contributed by atoms with van der Waals surface area (Å²) in [5.41, 5.74) is 3.73. The number of carbonyl (C=O) groups is 1. The van der Waals surface area contributed by atoms with Crippen LogP contribution in [0.2, 0.25) is 0 Å². The maximum absolute atomic E-state index is 14.5. The molecule has 2 fully saturated rings. The lowest BCUT2D eigenvalue weighted by Gasteiger charge is -2.42. The van der Waals surface area contributed by atoms with E-state index in [0.717, 1.165) is 47.9 Å². The van der Waals surface area contributed by atoms with Gasteiger partial charge in [0.15, 0.2) is 0 Å². The summed E-state index contributed by atoms with van der Waals surface area (Å²) in [7, 11) is 0. The van der Waals surface area contributed by atoms with Crippen molar-refractivity contribution in [1.29, 1.82) is 0 Å². The van der Waals surface area contributed by atoms with E-state index < -0.39 is 0 Å². The van der Waals surface area contributed by atoms with Crippen molar-refractivity contribution < 1.29 is 15.0 Å². The van der Waals surface area contributed by atoms with Gasteiger partial charge in [0.1, 0.15) is 11.5 Å². The van der Waals surface area contributed by atoms with Crippen LogP contribution in [0.4, 0.5) is 0 Å². The number of hydrogen-bond donors (Lipinski definition) is 2. The van der Waals surface area contributed by atoms with Crippen LogP contribution >= 0.6 is 0 Å². The van der Waals surface area contributed by atoms with Crippen LogP contribution in [0.25, 0.3) is 0 Å². The molecule has 1 amide bonds. The Bertz CT molecular complexity index is 1080. The zero-order valence-corrected chi connectivity index (χ0v) is 21.0. The van der Waals surface area contributed by atoms with Crippen molar-refractivity contribution in [1.82, 2.24) is 4.90 Å². The molecular formula is C32H37NO3. The lowest BCUT2D eigenvalue weighted by Crippen LogP contribution is -2.49. The standard InChI is InChI=1S/C32H37NO3/c34-27-19-15-23(16-20-27)31(24-17-21-28(35)22-18-24)29-13-7-8-14-30(29)32(36)33(25-9-3-1-4-10-25)26-11-5-2-6-12-26/h7-8,13-22,25-26,31,34-35H,1-6,9-12H2. The van der Waals surface area contributed by atoms with E-state index in [2.05, 4.69) is 11.0 Å². The van der Waals surface area contributed by atoms with Crippen LogP contribution in [0.3, 0.4) is 0 Å². The smallest absolute Gasteiger partial charge is 0.254 e. The average Bonchev–Trinajstić information content (AvgIpc) is 2.92. The van der Waals surface area contributed by atoms with Gasteiger partial charge >= 0.3 is 0 Å². The third-order valence-electron chi connectivity index (χ3n) is 8.13. The van der Waals surface area contributed by atoms with E-state index in [4.69, 9.17) is 0 Å². The van der Waals surface area contributed by atoms with E-state index in [-0.39, 0.29) is 23.3 Å². The Morgan fingerprint density at radius 2 is 1.08 bits per heavy atom. The Morgan fingerprint density at radius 3 is 1.56 bits per heavy atom. The van der Waals surface area contributed by atoms with Crippen LogP contribution < -0.4 is 0 Å². The molecule has 3 aromatic carbocycles. The molecule has 0 spiro atoms. The van der Waals surface area contributed by atoms with Crippen LogP contribution in [0, 0.1) is 0 Å². The van der Waals surface area contributed by atoms with Crippen LogP contribution in [0.5, 0.6) is 11.5 Å². The van der Waals surface area contributed by atoms with Gasteiger partial charge in [0, 0.05) is 23.6 Å². The lowest BCUT2D eigenvalue weighted by molar-refractivity contribution is 0.0447. The Morgan fingerprint density at radius 1 is 0.639 bits per heavy atom. The summed E-state index contributed by atoms with van der Waals surface area (Å²) in [6.45, 7) is 0. The molecule has 5 rings (SSSR count). The molecule has 188 valence electrons. The molecule has 0 bridgehead atoms. The first-order chi connectivity index (χ1) is 17.6. The van der Waals surface area contributed by atoms with E-state index in [9.17, 15) is 15.0 Å². The van der Waals surface area contributed by atoms with Gasteiger partial charge in [-0.05, 0) is 72.7 Å². The molecule has 2 aliphatic rings. The number of aromatic hydroxyl groups is 2. The summed E-state index contributed by atoms with van der Waals surface area (Å²) in [6, 6.07) is 23.2. The predicted molar refractivity (Wildman–Crippen MR) is 144 cm³/mol. The van der Waals surface area contributed by atoms with Crippen molar-refractivity contribution in [3.8, 4) is 11.5 Å². The first-order valence-electron chi connectivity index (χ1n) is 13.6. The fourth-order valence-corrected chi connectivity index (χ4v) is 6.32. The minimum atomic E-state index is -0.189. The molecule has 3 aromatic rings. The number of carbonyl (C=O) groups excluding carboxylic acids is 1. The summed E-state index contributed by atoms with van der Waals surface area (Å²) in [6.07, 6.45) is 11.7. The molecule has 0 saturated heterocycles. The minimum Gasteiger partial charge on any atom is -0.508 e. The van der Waals surface area contributed by atoms with Crippen molar-refractivity contribution in [3.63, 3.8) is 0 Å². The van der Waals surface area contributed by atoms with E-state index >= 15 is 0 Å². The normalized spacial score (nSPS) is 17.2. The highest BCUT2D eigenvalue weighted by Crippen LogP contribution is 2.38. The van der Waals surface area contributed by atoms with E-state index in [0.29, 0.717) is 12.1 Å². The van der Waals surface area contributed by atoms with E-state index in [1.807, 2.05) is 42.5 Å². The zero-order chi connectivity index (χ0) is 24.9. The highest BCUT2D eigenvalue weighted by atomic mass is 16.3. The second kappa shape index (κ2) is 11.2. The Kier molecular flexibility index (Phi) is 7.60. The van der Waals surface area contributed by atoms with Crippen molar-refractivity contribution in [3.05, 3.63) is 95.1 Å². The number of amides is 1. The summed E-state index contributed by atoms with van der Waals surface area (Å²) in [5.74, 6) is 0.402. The Hall–Kier alpha value is -3.27. The van der Waals surface area contributed by atoms with Gasteiger partial charge in [-0.2, -0.15) is 0 Å². The van der Waals surface area contributed by atoms with Gasteiger partial charge in [-0.1, -0.05) is 81.0 Å². The first-order valence-corrected chi connectivity index (χ1v) is 13.6. The van der Waals surface area contributed by atoms with Crippen LogP contribution in [-0.2, 0) is 0 Å². The number of phenols is 2. The second-order valence-electron chi connectivity index (χ2n) is 10.5. The van der Waals surface area contributed by atoms with Gasteiger partial charge in [0.25, 0.3) is 5.91 Å². The molecule has 2 N–H and O–H groups in total.